The zero-order valence-corrected chi connectivity index (χ0v) is 11.0. The normalized spacial score (nSPS) is 14.2. The monoisotopic (exact) mass is 271 g/mol. The molecule has 1 aliphatic rings. The van der Waals surface area contributed by atoms with Gasteiger partial charge in [0.2, 0.25) is 0 Å². The Morgan fingerprint density at radius 3 is 2.79 bits per heavy atom. The molecule has 0 bridgehead atoms. The van der Waals surface area contributed by atoms with Crippen molar-refractivity contribution in [3.63, 3.8) is 0 Å². The molecule has 0 atom stereocenters. The Labute approximate surface area is 115 Å². The predicted octanol–water partition coefficient (Wildman–Crippen LogP) is 2.51. The second kappa shape index (κ2) is 5.32. The molecule has 96 valence electrons. The van der Waals surface area contributed by atoms with Crippen molar-refractivity contribution < 1.29 is 4.79 Å². The molecule has 0 spiro atoms. The molecule has 2 aromatic rings. The van der Waals surface area contributed by atoms with Gasteiger partial charge in [0.05, 0.1) is 6.54 Å². The van der Waals surface area contributed by atoms with Gasteiger partial charge in [-0.15, -0.1) is 0 Å². The molecule has 0 fully saturated rings. The zero-order chi connectivity index (χ0) is 13.1. The Morgan fingerprint density at radius 2 is 2.05 bits per heavy atom. The van der Waals surface area contributed by atoms with E-state index in [1.165, 1.54) is 0 Å². The minimum atomic E-state index is -0.143. The highest BCUT2D eigenvalue weighted by Gasteiger charge is 2.14. The van der Waals surface area contributed by atoms with Crippen LogP contribution in [-0.4, -0.2) is 28.4 Å². The summed E-state index contributed by atoms with van der Waals surface area (Å²) in [6.07, 6.45) is 0. The second-order valence-corrected chi connectivity index (χ2v) is 5.22. The van der Waals surface area contributed by atoms with Crippen molar-refractivity contribution in [2.75, 3.05) is 12.3 Å². The molecule has 2 heterocycles. The predicted molar refractivity (Wildman–Crippen MR) is 78.5 cm³/mol. The standard InChI is InChI=1S/C14H13N3OS/c18-13(17-14-15-8-9-19-14)12-7-6-11(16-12)10-4-2-1-3-5-10/h1-7,16H,8-9H2,(H,15,17,18). The first-order valence-corrected chi connectivity index (χ1v) is 7.04. The van der Waals surface area contributed by atoms with E-state index in [1.54, 1.807) is 17.8 Å². The van der Waals surface area contributed by atoms with Crippen LogP contribution in [0.3, 0.4) is 0 Å². The number of amides is 1. The molecule has 4 nitrogen and oxygen atoms in total. The third-order valence-electron chi connectivity index (χ3n) is 2.82. The summed E-state index contributed by atoms with van der Waals surface area (Å²) in [6.45, 7) is 0.778. The maximum Gasteiger partial charge on any atom is 0.273 e. The number of aromatic nitrogens is 1. The van der Waals surface area contributed by atoms with Crippen LogP contribution in [0.25, 0.3) is 11.3 Å². The van der Waals surface area contributed by atoms with Crippen LogP contribution in [0.4, 0.5) is 0 Å². The van der Waals surface area contributed by atoms with E-state index in [9.17, 15) is 4.79 Å². The minimum Gasteiger partial charge on any atom is -0.351 e. The molecule has 0 unspecified atom stereocenters. The number of hydrogen-bond donors (Lipinski definition) is 2. The topological polar surface area (TPSA) is 57.2 Å². The number of carbonyl (C=O) groups is 1. The van der Waals surface area contributed by atoms with E-state index in [0.29, 0.717) is 10.9 Å². The summed E-state index contributed by atoms with van der Waals surface area (Å²) in [4.78, 5) is 19.3. The number of nitrogens with one attached hydrogen (secondary N) is 2. The van der Waals surface area contributed by atoms with Crippen molar-refractivity contribution >= 4 is 22.8 Å². The first kappa shape index (κ1) is 12.0. The molecule has 5 heteroatoms. The number of thioether (sulfide) groups is 1. The Kier molecular flexibility index (Phi) is 3.37. The van der Waals surface area contributed by atoms with Gasteiger partial charge in [-0.25, -0.2) is 0 Å². The van der Waals surface area contributed by atoms with Crippen molar-refractivity contribution in [1.82, 2.24) is 10.3 Å². The number of amidine groups is 1. The molecule has 0 radical (unpaired) electrons. The number of aromatic amines is 1. The van der Waals surface area contributed by atoms with Gasteiger partial charge in [-0.2, -0.15) is 0 Å². The number of aliphatic imine (C=N–C) groups is 1. The first-order chi connectivity index (χ1) is 9.33. The number of benzene rings is 1. The van der Waals surface area contributed by atoms with Gasteiger partial charge in [0.25, 0.3) is 5.91 Å². The maximum absolute atomic E-state index is 12.0. The van der Waals surface area contributed by atoms with E-state index >= 15 is 0 Å². The van der Waals surface area contributed by atoms with E-state index in [1.807, 2.05) is 36.4 Å². The third kappa shape index (κ3) is 2.71. The average Bonchev–Trinajstić information content (AvgIpc) is 3.10. The van der Waals surface area contributed by atoms with Gasteiger partial charge < -0.3 is 10.3 Å². The fraction of sp³-hybridized carbons (Fsp3) is 0.143. The summed E-state index contributed by atoms with van der Waals surface area (Å²) in [6, 6.07) is 13.6. The molecule has 1 aliphatic heterocycles. The molecular weight excluding hydrogens is 258 g/mol. The van der Waals surface area contributed by atoms with Crippen molar-refractivity contribution in [1.29, 1.82) is 0 Å². The highest BCUT2D eigenvalue weighted by molar-refractivity contribution is 8.14. The van der Waals surface area contributed by atoms with Crippen LogP contribution in [0.1, 0.15) is 10.5 Å². The van der Waals surface area contributed by atoms with Crippen LogP contribution >= 0.6 is 11.8 Å². The lowest BCUT2D eigenvalue weighted by atomic mass is 10.2. The van der Waals surface area contributed by atoms with Crippen LogP contribution in [-0.2, 0) is 0 Å². The molecule has 1 aromatic heterocycles. The number of hydrogen-bond acceptors (Lipinski definition) is 3. The van der Waals surface area contributed by atoms with Crippen molar-refractivity contribution in [3.05, 3.63) is 48.2 Å². The lowest BCUT2D eigenvalue weighted by Crippen LogP contribution is -2.27. The van der Waals surface area contributed by atoms with Gasteiger partial charge in [-0.3, -0.25) is 9.79 Å². The highest BCUT2D eigenvalue weighted by atomic mass is 32.2. The third-order valence-corrected chi connectivity index (χ3v) is 3.71. The molecule has 1 aromatic carbocycles. The Morgan fingerprint density at radius 1 is 1.21 bits per heavy atom. The van der Waals surface area contributed by atoms with E-state index < -0.39 is 0 Å². The number of carbonyl (C=O) groups excluding carboxylic acids is 1. The van der Waals surface area contributed by atoms with Crippen molar-refractivity contribution in [2.45, 2.75) is 0 Å². The fourth-order valence-corrected chi connectivity index (χ4v) is 2.61. The first-order valence-electron chi connectivity index (χ1n) is 6.06. The second-order valence-electron chi connectivity index (χ2n) is 4.14. The van der Waals surface area contributed by atoms with E-state index in [-0.39, 0.29) is 5.91 Å². The van der Waals surface area contributed by atoms with Crippen LogP contribution in [0.5, 0.6) is 0 Å². The largest absolute Gasteiger partial charge is 0.351 e. The lowest BCUT2D eigenvalue weighted by molar-refractivity contribution is 0.0974. The van der Waals surface area contributed by atoms with Crippen LogP contribution < -0.4 is 5.32 Å². The van der Waals surface area contributed by atoms with Gasteiger partial charge in [-0.05, 0) is 17.7 Å². The summed E-state index contributed by atoms with van der Waals surface area (Å²) in [5, 5.41) is 3.51. The maximum atomic E-state index is 12.0. The van der Waals surface area contributed by atoms with Crippen LogP contribution in [0.15, 0.2) is 47.5 Å². The quantitative estimate of drug-likeness (QED) is 0.881. The smallest absolute Gasteiger partial charge is 0.273 e. The summed E-state index contributed by atoms with van der Waals surface area (Å²) in [7, 11) is 0. The SMILES string of the molecule is O=C(NC1=NCCS1)c1ccc(-c2ccccc2)[nH]1. The Hall–Kier alpha value is -2.01. The van der Waals surface area contributed by atoms with E-state index in [0.717, 1.165) is 23.6 Å². The molecule has 0 aliphatic carbocycles. The fourth-order valence-electron chi connectivity index (χ4n) is 1.89. The summed E-state index contributed by atoms with van der Waals surface area (Å²) in [5.41, 5.74) is 2.55. The van der Waals surface area contributed by atoms with Gasteiger partial charge >= 0.3 is 0 Å². The van der Waals surface area contributed by atoms with E-state index in [4.69, 9.17) is 0 Å². The summed E-state index contributed by atoms with van der Waals surface area (Å²) < 4.78 is 0. The molecule has 0 saturated carbocycles. The average molecular weight is 271 g/mol. The number of rotatable bonds is 2. The van der Waals surface area contributed by atoms with E-state index in [2.05, 4.69) is 15.3 Å². The van der Waals surface area contributed by atoms with Gasteiger partial charge in [0.15, 0.2) is 5.17 Å². The number of H-pyrrole nitrogens is 1. The highest BCUT2D eigenvalue weighted by Crippen LogP contribution is 2.18. The molecule has 19 heavy (non-hydrogen) atoms. The van der Waals surface area contributed by atoms with Gasteiger partial charge in [-0.1, -0.05) is 42.1 Å². The van der Waals surface area contributed by atoms with Crippen LogP contribution in [0.2, 0.25) is 0 Å². The Balaban J connectivity index is 1.76. The zero-order valence-electron chi connectivity index (χ0n) is 10.2. The molecule has 2 N–H and O–H groups in total. The molecule has 1 amide bonds. The summed E-state index contributed by atoms with van der Waals surface area (Å²) in [5.74, 6) is 0.797. The Bertz CT molecular complexity index is 619. The minimum absolute atomic E-state index is 0.143. The number of nitrogens with zero attached hydrogens (tertiary/aromatic N) is 1. The lowest BCUT2D eigenvalue weighted by Gasteiger charge is -2.01. The van der Waals surface area contributed by atoms with Crippen molar-refractivity contribution in [3.8, 4) is 11.3 Å². The summed E-state index contributed by atoms with van der Waals surface area (Å²) >= 11 is 1.57. The van der Waals surface area contributed by atoms with Crippen molar-refractivity contribution in [2.24, 2.45) is 4.99 Å². The van der Waals surface area contributed by atoms with Gasteiger partial charge in [0, 0.05) is 11.4 Å². The van der Waals surface area contributed by atoms with Crippen LogP contribution in [0, 0.1) is 0 Å². The van der Waals surface area contributed by atoms with Gasteiger partial charge in [0.1, 0.15) is 5.69 Å². The molecule has 3 rings (SSSR count). The molecule has 0 saturated heterocycles. The molecular formula is C14H13N3OS.